The van der Waals surface area contributed by atoms with Crippen LogP contribution in [0.4, 0.5) is 3.89 Å². The van der Waals surface area contributed by atoms with Crippen molar-refractivity contribution in [3.63, 3.8) is 0 Å². The minimum atomic E-state index is 0.171. The van der Waals surface area contributed by atoms with Gasteiger partial charge in [0.15, 0.2) is 0 Å². The molecule has 0 fully saturated rings. The van der Waals surface area contributed by atoms with E-state index in [1.165, 1.54) is 5.56 Å². The van der Waals surface area contributed by atoms with Gasteiger partial charge in [0, 0.05) is 6.54 Å². The molecule has 1 aromatic rings. The minimum Gasteiger partial charge on any atom is -0.235 e. The molecule has 1 aromatic carbocycles. The molecule has 1 rings (SSSR count). The summed E-state index contributed by atoms with van der Waals surface area (Å²) in [4.78, 5) is 0. The molecular weight excluding hydrogens is 161 g/mol. The van der Waals surface area contributed by atoms with Gasteiger partial charge in [0.1, 0.15) is 12.3 Å². The monoisotopic (exact) mass is 171 g/mol. The van der Waals surface area contributed by atoms with E-state index >= 15 is 0 Å². The van der Waals surface area contributed by atoms with E-state index in [4.69, 9.17) is 0 Å². The molecule has 0 radical (unpaired) electrons. The van der Waals surface area contributed by atoms with Gasteiger partial charge in [0.05, 0.1) is 0 Å². The molecule has 0 heterocycles. The summed E-state index contributed by atoms with van der Waals surface area (Å²) in [5.74, 6) is 0. The molecule has 11 heavy (non-hydrogen) atoms. The highest BCUT2D eigenvalue weighted by atomic mass is 32.2. The van der Waals surface area contributed by atoms with Gasteiger partial charge >= 0.3 is 0 Å². The quantitative estimate of drug-likeness (QED) is 0.551. The van der Waals surface area contributed by atoms with E-state index in [1.807, 2.05) is 30.3 Å². The van der Waals surface area contributed by atoms with E-state index < -0.39 is 0 Å². The fraction of sp³-hybridized carbons (Fsp3) is 0.250. The van der Waals surface area contributed by atoms with Gasteiger partial charge in [0.25, 0.3) is 0 Å². The highest BCUT2D eigenvalue weighted by Crippen LogP contribution is 1.99. The lowest BCUT2D eigenvalue weighted by Crippen LogP contribution is -2.06. The van der Waals surface area contributed by atoms with E-state index in [1.54, 1.807) is 0 Å². The number of hydrogen-bond donors (Lipinski definition) is 1. The second-order valence-corrected chi connectivity index (χ2v) is 2.65. The van der Waals surface area contributed by atoms with E-state index in [0.717, 1.165) is 6.42 Å². The Hall–Kier alpha value is -0.540. The zero-order chi connectivity index (χ0) is 7.94. The summed E-state index contributed by atoms with van der Waals surface area (Å²) >= 11 is 0.171. The topological polar surface area (TPSA) is 12.0 Å². The van der Waals surface area contributed by atoms with Gasteiger partial charge in [0.2, 0.25) is 0 Å². The second-order valence-electron chi connectivity index (χ2n) is 2.21. The maximum Gasteiger partial charge on any atom is 0.131 e. The normalized spacial score (nSPS) is 9.91. The lowest BCUT2D eigenvalue weighted by molar-refractivity contribution is 0.852. The smallest absolute Gasteiger partial charge is 0.131 e. The lowest BCUT2D eigenvalue weighted by Gasteiger charge is -1.98. The van der Waals surface area contributed by atoms with Crippen molar-refractivity contribution in [2.75, 3.05) is 6.54 Å². The summed E-state index contributed by atoms with van der Waals surface area (Å²) in [5, 5.41) is 0. The molecule has 0 unspecified atom stereocenters. The Labute approximate surface area is 70.4 Å². The molecule has 0 aliphatic heterocycles. The summed E-state index contributed by atoms with van der Waals surface area (Å²) < 4.78 is 14.0. The van der Waals surface area contributed by atoms with Crippen LogP contribution in [0.1, 0.15) is 5.56 Å². The number of benzene rings is 1. The first kappa shape index (κ1) is 8.56. The number of rotatable bonds is 4. The van der Waals surface area contributed by atoms with Gasteiger partial charge in [-0.3, -0.25) is 0 Å². The third-order valence-electron chi connectivity index (χ3n) is 1.41. The van der Waals surface area contributed by atoms with Crippen LogP contribution in [0, 0.1) is 0 Å². The minimum absolute atomic E-state index is 0.171. The van der Waals surface area contributed by atoms with Crippen molar-refractivity contribution in [3.8, 4) is 0 Å². The van der Waals surface area contributed by atoms with Gasteiger partial charge in [-0.15, -0.1) is 3.89 Å². The Morgan fingerprint density at radius 2 is 2.00 bits per heavy atom. The van der Waals surface area contributed by atoms with Crippen molar-refractivity contribution >= 4 is 12.3 Å². The maximum absolute atomic E-state index is 11.5. The zero-order valence-electron chi connectivity index (χ0n) is 6.09. The van der Waals surface area contributed by atoms with Crippen molar-refractivity contribution in [2.45, 2.75) is 6.42 Å². The van der Waals surface area contributed by atoms with Crippen LogP contribution in [-0.4, -0.2) is 6.54 Å². The van der Waals surface area contributed by atoms with Gasteiger partial charge in [-0.1, -0.05) is 30.3 Å². The predicted molar refractivity (Wildman–Crippen MR) is 46.8 cm³/mol. The fourth-order valence-corrected chi connectivity index (χ4v) is 1.06. The third kappa shape index (κ3) is 3.39. The van der Waals surface area contributed by atoms with Crippen molar-refractivity contribution < 1.29 is 3.89 Å². The van der Waals surface area contributed by atoms with Gasteiger partial charge < -0.3 is 0 Å². The molecule has 0 amide bonds. The Morgan fingerprint density at radius 3 is 2.64 bits per heavy atom. The van der Waals surface area contributed by atoms with Crippen LogP contribution in [0.2, 0.25) is 0 Å². The standard InChI is InChI=1S/C8H10FNS/c9-11-10-7-6-8-4-2-1-3-5-8/h1-5,10H,6-7H2. The molecule has 1 N–H and O–H groups in total. The Bertz CT molecular complexity index is 191. The van der Waals surface area contributed by atoms with E-state index in [-0.39, 0.29) is 12.3 Å². The van der Waals surface area contributed by atoms with E-state index in [9.17, 15) is 3.89 Å². The average molecular weight is 171 g/mol. The molecule has 1 nitrogen and oxygen atoms in total. The molecule has 0 aliphatic rings. The van der Waals surface area contributed by atoms with Crippen LogP contribution in [0.5, 0.6) is 0 Å². The number of hydrogen-bond acceptors (Lipinski definition) is 2. The molecule has 0 aliphatic carbocycles. The molecule has 0 saturated carbocycles. The number of halogens is 1. The predicted octanol–water partition coefficient (Wildman–Crippen LogP) is 2.35. The van der Waals surface area contributed by atoms with Crippen molar-refractivity contribution in [1.82, 2.24) is 4.72 Å². The molecule has 0 spiro atoms. The molecule has 0 aromatic heterocycles. The second kappa shape index (κ2) is 5.16. The molecule has 3 heteroatoms. The third-order valence-corrected chi connectivity index (χ3v) is 1.73. The Kier molecular flexibility index (Phi) is 4.01. The fourth-order valence-electron chi connectivity index (χ4n) is 0.879. The van der Waals surface area contributed by atoms with Crippen LogP contribution >= 0.6 is 12.3 Å². The molecule has 0 bridgehead atoms. The summed E-state index contributed by atoms with van der Waals surface area (Å²) in [6.07, 6.45) is 0.873. The number of nitrogens with one attached hydrogen (secondary N) is 1. The molecule has 0 saturated heterocycles. The van der Waals surface area contributed by atoms with Crippen LogP contribution in [0.3, 0.4) is 0 Å². The average Bonchev–Trinajstić information content (AvgIpc) is 2.07. The summed E-state index contributed by atoms with van der Waals surface area (Å²) in [6.45, 7) is 0.672. The highest BCUT2D eigenvalue weighted by molar-refractivity contribution is 7.92. The van der Waals surface area contributed by atoms with Gasteiger partial charge in [-0.05, 0) is 12.0 Å². The SMILES string of the molecule is FSNCCc1ccccc1. The molecular formula is C8H10FNS. The van der Waals surface area contributed by atoms with Crippen LogP contribution < -0.4 is 4.72 Å². The summed E-state index contributed by atoms with van der Waals surface area (Å²) in [6, 6.07) is 10.0. The zero-order valence-corrected chi connectivity index (χ0v) is 6.90. The van der Waals surface area contributed by atoms with Gasteiger partial charge in [-0.25, -0.2) is 4.72 Å². The highest BCUT2D eigenvalue weighted by Gasteiger charge is 1.89. The van der Waals surface area contributed by atoms with Gasteiger partial charge in [-0.2, -0.15) is 0 Å². The molecule has 0 atom stereocenters. The Morgan fingerprint density at radius 1 is 1.27 bits per heavy atom. The van der Waals surface area contributed by atoms with Crippen molar-refractivity contribution in [2.24, 2.45) is 0 Å². The first-order valence-corrected chi connectivity index (χ1v) is 4.19. The largest absolute Gasteiger partial charge is 0.235 e. The lowest BCUT2D eigenvalue weighted by atomic mass is 10.2. The molecule has 60 valence electrons. The van der Waals surface area contributed by atoms with E-state index in [0.29, 0.717) is 6.54 Å². The first-order valence-electron chi connectivity index (χ1n) is 3.48. The van der Waals surface area contributed by atoms with Crippen molar-refractivity contribution in [3.05, 3.63) is 35.9 Å². The Balaban J connectivity index is 2.28. The van der Waals surface area contributed by atoms with E-state index in [2.05, 4.69) is 4.72 Å². The summed E-state index contributed by atoms with van der Waals surface area (Å²) in [5.41, 5.74) is 1.23. The first-order chi connectivity index (χ1) is 5.43. The summed E-state index contributed by atoms with van der Waals surface area (Å²) in [7, 11) is 0. The van der Waals surface area contributed by atoms with Crippen LogP contribution in [-0.2, 0) is 6.42 Å². The maximum atomic E-state index is 11.5. The van der Waals surface area contributed by atoms with Crippen LogP contribution in [0.15, 0.2) is 30.3 Å². The van der Waals surface area contributed by atoms with Crippen molar-refractivity contribution in [1.29, 1.82) is 0 Å². The van der Waals surface area contributed by atoms with Crippen LogP contribution in [0.25, 0.3) is 0 Å².